The van der Waals surface area contributed by atoms with Gasteiger partial charge in [-0.15, -0.1) is 10.2 Å². The molecule has 3 fully saturated rings. The second-order valence-electron chi connectivity index (χ2n) is 10.4. The lowest BCUT2D eigenvalue weighted by molar-refractivity contribution is -0.137. The van der Waals surface area contributed by atoms with Crippen LogP contribution in [0.25, 0.3) is 11.3 Å². The number of hydrogen-bond acceptors (Lipinski definition) is 5. The van der Waals surface area contributed by atoms with Crippen LogP contribution in [0.5, 0.6) is 0 Å². The first kappa shape index (κ1) is 23.5. The van der Waals surface area contributed by atoms with Crippen LogP contribution in [0.1, 0.15) is 43.8 Å². The number of aromatic nitrogens is 2. The molecule has 0 amide bonds. The molecular formula is C26H35F3N4O. The maximum atomic E-state index is 14.0. The van der Waals surface area contributed by atoms with Crippen molar-refractivity contribution in [3.05, 3.63) is 41.0 Å². The minimum Gasteiger partial charge on any atom is -0.381 e. The number of aryl methyl sites for hydroxylation is 2. The average molecular weight is 477 g/mol. The molecule has 0 spiro atoms. The van der Waals surface area contributed by atoms with Crippen molar-refractivity contribution in [2.24, 2.45) is 17.8 Å². The minimum absolute atomic E-state index is 0. The molecule has 4 atom stereocenters. The van der Waals surface area contributed by atoms with E-state index in [1.54, 1.807) is 0 Å². The van der Waals surface area contributed by atoms with Crippen LogP contribution in [0.3, 0.4) is 0 Å². The Hall–Kier alpha value is -2.19. The van der Waals surface area contributed by atoms with Crippen molar-refractivity contribution in [3.63, 3.8) is 0 Å². The van der Waals surface area contributed by atoms with Gasteiger partial charge in [-0.1, -0.05) is 17.7 Å². The summed E-state index contributed by atoms with van der Waals surface area (Å²) in [4.78, 5) is 2.53. The highest BCUT2D eigenvalue weighted by Gasteiger charge is 2.43. The molecule has 1 aromatic carbocycles. The summed E-state index contributed by atoms with van der Waals surface area (Å²) in [5, 5.41) is 11.3. The summed E-state index contributed by atoms with van der Waals surface area (Å²) in [5.74, 6) is 1.52. The van der Waals surface area contributed by atoms with Gasteiger partial charge in [0.15, 0.2) is 5.82 Å². The molecule has 2 aliphatic heterocycles. The van der Waals surface area contributed by atoms with Gasteiger partial charge in [0.2, 0.25) is 0 Å². The van der Waals surface area contributed by atoms with Crippen LogP contribution in [0.15, 0.2) is 24.3 Å². The average Bonchev–Trinajstić information content (AvgIpc) is 3.33. The summed E-state index contributed by atoms with van der Waals surface area (Å²) in [5.41, 5.74) is 2.05. The fourth-order valence-electron chi connectivity index (χ4n) is 6.03. The van der Waals surface area contributed by atoms with Gasteiger partial charge in [0, 0.05) is 39.3 Å². The molecule has 1 aromatic heterocycles. The fourth-order valence-corrected chi connectivity index (χ4v) is 6.03. The number of halogens is 3. The second kappa shape index (κ2) is 9.46. The van der Waals surface area contributed by atoms with Crippen molar-refractivity contribution in [1.29, 1.82) is 0 Å². The monoisotopic (exact) mass is 476 g/mol. The summed E-state index contributed by atoms with van der Waals surface area (Å²) < 4.78 is 47.5. The molecule has 5 rings (SSSR count). The number of fused-ring (bicyclic) bond motifs is 1. The third kappa shape index (κ3) is 5.08. The number of nitrogens with one attached hydrogen (secondary N) is 1. The highest BCUT2D eigenvalue weighted by atomic mass is 19.4. The normalized spacial score (nSPS) is 27.7. The molecule has 1 saturated carbocycles. The Morgan fingerprint density at radius 1 is 1.12 bits per heavy atom. The van der Waals surface area contributed by atoms with Gasteiger partial charge in [-0.05, 0) is 75.0 Å². The predicted molar refractivity (Wildman–Crippen MR) is 128 cm³/mol. The SMILES string of the molecule is Cc1ccc(C)c(-c2cc(C(F)(F)F)c(NC3C[C@@H]4CN(CC5CCCOC5)C[C@@H]4C3)nn2)c1.[HH]. The van der Waals surface area contributed by atoms with Gasteiger partial charge in [-0.2, -0.15) is 13.2 Å². The van der Waals surface area contributed by atoms with Gasteiger partial charge in [-0.25, -0.2) is 0 Å². The first-order valence-corrected chi connectivity index (χ1v) is 12.4. The molecule has 0 bridgehead atoms. The van der Waals surface area contributed by atoms with Crippen LogP contribution in [-0.4, -0.2) is 54.0 Å². The molecule has 5 nitrogen and oxygen atoms in total. The first-order valence-electron chi connectivity index (χ1n) is 12.4. The van der Waals surface area contributed by atoms with E-state index in [0.717, 1.165) is 69.3 Å². The zero-order valence-corrected chi connectivity index (χ0v) is 19.9. The molecule has 186 valence electrons. The van der Waals surface area contributed by atoms with Gasteiger partial charge in [0.25, 0.3) is 0 Å². The first-order chi connectivity index (χ1) is 16.3. The summed E-state index contributed by atoms with van der Waals surface area (Å²) in [6, 6.07) is 6.83. The van der Waals surface area contributed by atoms with Crippen LogP contribution < -0.4 is 5.32 Å². The van der Waals surface area contributed by atoms with Crippen LogP contribution in [0, 0.1) is 31.6 Å². The number of nitrogens with zero attached hydrogens (tertiary/aromatic N) is 3. The number of alkyl halides is 3. The van der Waals surface area contributed by atoms with Crippen molar-refractivity contribution in [1.82, 2.24) is 15.1 Å². The molecule has 1 N–H and O–H groups in total. The Kier molecular flexibility index (Phi) is 6.55. The molecular weight excluding hydrogens is 441 g/mol. The van der Waals surface area contributed by atoms with Gasteiger partial charge < -0.3 is 15.0 Å². The van der Waals surface area contributed by atoms with Crippen molar-refractivity contribution in [3.8, 4) is 11.3 Å². The molecule has 2 aromatic rings. The highest BCUT2D eigenvalue weighted by molar-refractivity contribution is 5.66. The summed E-state index contributed by atoms with van der Waals surface area (Å²) >= 11 is 0. The molecule has 0 radical (unpaired) electrons. The van der Waals surface area contributed by atoms with Gasteiger partial charge in [0.1, 0.15) is 5.56 Å². The number of rotatable bonds is 5. The van der Waals surface area contributed by atoms with E-state index in [1.165, 1.54) is 6.42 Å². The van der Waals surface area contributed by atoms with E-state index < -0.39 is 11.7 Å². The van der Waals surface area contributed by atoms with Gasteiger partial charge in [-0.3, -0.25) is 0 Å². The third-order valence-corrected chi connectivity index (χ3v) is 7.71. The standard InChI is InChI=1S/C26H33F3N4O.H2/c1-16-5-6-17(2)22(8-16)24-11-23(26(27,28)29)25(32-31-24)30-21-9-19-13-33(14-20(19)10-21)12-18-4-3-7-34-15-18;/h5-6,8,11,18-21H,3-4,7,9-10,12-15H2,1-2H3,(H,30,32);1H/t18?,19-,20+,21?;. The number of hydrogen-bond donors (Lipinski definition) is 1. The minimum atomic E-state index is -4.50. The van der Waals surface area contributed by atoms with Crippen molar-refractivity contribution in [2.45, 2.75) is 51.7 Å². The van der Waals surface area contributed by atoms with Crippen molar-refractivity contribution < 1.29 is 19.3 Å². The van der Waals surface area contributed by atoms with E-state index in [9.17, 15) is 13.2 Å². The van der Waals surface area contributed by atoms with E-state index in [-0.39, 0.29) is 19.0 Å². The number of benzene rings is 1. The highest BCUT2D eigenvalue weighted by Crippen LogP contribution is 2.42. The summed E-state index contributed by atoms with van der Waals surface area (Å²) in [6.07, 6.45) is -0.382. The Morgan fingerprint density at radius 2 is 1.88 bits per heavy atom. The summed E-state index contributed by atoms with van der Waals surface area (Å²) in [6.45, 7) is 8.66. The van der Waals surface area contributed by atoms with E-state index in [4.69, 9.17) is 4.74 Å². The Balaban J connectivity index is 0.00000289. The van der Waals surface area contributed by atoms with Crippen molar-refractivity contribution >= 4 is 5.82 Å². The van der Waals surface area contributed by atoms with Crippen LogP contribution in [-0.2, 0) is 10.9 Å². The fraction of sp³-hybridized carbons (Fsp3) is 0.615. The summed E-state index contributed by atoms with van der Waals surface area (Å²) in [7, 11) is 0. The topological polar surface area (TPSA) is 50.3 Å². The molecule has 2 saturated heterocycles. The maximum absolute atomic E-state index is 14.0. The molecule has 3 aliphatic rings. The molecule has 1 aliphatic carbocycles. The quantitative estimate of drug-likeness (QED) is 0.611. The van der Waals surface area contributed by atoms with E-state index in [0.29, 0.717) is 23.3 Å². The molecule has 34 heavy (non-hydrogen) atoms. The Labute approximate surface area is 200 Å². The van der Waals surface area contributed by atoms with Crippen LogP contribution in [0.4, 0.5) is 19.0 Å². The Bertz CT molecular complexity index is 1010. The number of anilines is 1. The van der Waals surface area contributed by atoms with E-state index in [1.807, 2.05) is 32.0 Å². The lowest BCUT2D eigenvalue weighted by Gasteiger charge is -2.28. The van der Waals surface area contributed by atoms with Crippen molar-refractivity contribution in [2.75, 3.05) is 38.2 Å². The number of likely N-dealkylation sites (tertiary alicyclic amines) is 1. The Morgan fingerprint density at radius 3 is 2.56 bits per heavy atom. The lowest BCUT2D eigenvalue weighted by atomic mass is 10.0. The third-order valence-electron chi connectivity index (χ3n) is 7.71. The van der Waals surface area contributed by atoms with E-state index >= 15 is 0 Å². The molecule has 2 unspecified atom stereocenters. The zero-order valence-electron chi connectivity index (χ0n) is 19.9. The van der Waals surface area contributed by atoms with E-state index in [2.05, 4.69) is 20.4 Å². The molecule has 8 heteroatoms. The number of ether oxygens (including phenoxy) is 1. The molecule has 3 heterocycles. The largest absolute Gasteiger partial charge is 0.420 e. The smallest absolute Gasteiger partial charge is 0.381 e. The lowest BCUT2D eigenvalue weighted by Crippen LogP contribution is -2.33. The predicted octanol–water partition coefficient (Wildman–Crippen LogP) is 5.57. The maximum Gasteiger partial charge on any atom is 0.420 e. The van der Waals surface area contributed by atoms with Crippen LogP contribution in [0.2, 0.25) is 0 Å². The van der Waals surface area contributed by atoms with Gasteiger partial charge >= 0.3 is 6.18 Å². The second-order valence-corrected chi connectivity index (χ2v) is 10.4. The van der Waals surface area contributed by atoms with Crippen LogP contribution >= 0.6 is 0 Å². The van der Waals surface area contributed by atoms with Gasteiger partial charge in [0.05, 0.1) is 12.3 Å². The zero-order chi connectivity index (χ0) is 23.9.